The lowest BCUT2D eigenvalue weighted by atomic mass is 10.1. The van der Waals surface area contributed by atoms with Gasteiger partial charge in [0.2, 0.25) is 0 Å². The Hall–Kier alpha value is -2.70. The van der Waals surface area contributed by atoms with Crippen molar-refractivity contribution in [1.82, 2.24) is 4.90 Å². The van der Waals surface area contributed by atoms with Crippen LogP contribution in [0.4, 0.5) is 9.39 Å². The van der Waals surface area contributed by atoms with Crippen molar-refractivity contribution < 1.29 is 14.0 Å². The third kappa shape index (κ3) is 5.02. The Morgan fingerprint density at radius 2 is 1.79 bits per heavy atom. The van der Waals surface area contributed by atoms with E-state index in [1.54, 1.807) is 18.0 Å². The highest BCUT2D eigenvalue weighted by Crippen LogP contribution is 2.29. The van der Waals surface area contributed by atoms with Gasteiger partial charge >= 0.3 is 0 Å². The van der Waals surface area contributed by atoms with E-state index >= 15 is 0 Å². The van der Waals surface area contributed by atoms with Crippen molar-refractivity contribution in [3.8, 4) is 0 Å². The summed E-state index contributed by atoms with van der Waals surface area (Å²) in [5.41, 5.74) is 3.15. The fourth-order valence-electron chi connectivity index (χ4n) is 2.82. The highest BCUT2D eigenvalue weighted by atomic mass is 35.5. The second-order valence-electron chi connectivity index (χ2n) is 6.85. The largest absolute Gasteiger partial charge is 0.337 e. The topological polar surface area (TPSA) is 49.4 Å². The van der Waals surface area contributed by atoms with Gasteiger partial charge < -0.3 is 10.2 Å². The van der Waals surface area contributed by atoms with Gasteiger partial charge in [0.15, 0.2) is 0 Å². The smallest absolute Gasteiger partial charge is 0.264 e. The molecule has 0 fully saturated rings. The molecule has 0 spiro atoms. The maximum Gasteiger partial charge on any atom is 0.264 e. The zero-order chi connectivity index (χ0) is 21.1. The monoisotopic (exact) mass is 430 g/mol. The molecule has 0 atom stereocenters. The van der Waals surface area contributed by atoms with Crippen molar-refractivity contribution >= 4 is 39.8 Å². The summed E-state index contributed by atoms with van der Waals surface area (Å²) < 4.78 is 13.2. The summed E-state index contributed by atoms with van der Waals surface area (Å²) in [7, 11) is 1.75. The highest BCUT2D eigenvalue weighted by molar-refractivity contribution is 7.18. The predicted octanol–water partition coefficient (Wildman–Crippen LogP) is 5.68. The van der Waals surface area contributed by atoms with Crippen LogP contribution in [-0.2, 0) is 6.54 Å². The summed E-state index contributed by atoms with van der Waals surface area (Å²) in [5, 5.41) is 3.29. The zero-order valence-electron chi connectivity index (χ0n) is 16.3. The van der Waals surface area contributed by atoms with Gasteiger partial charge in [-0.3, -0.25) is 9.59 Å². The van der Waals surface area contributed by atoms with E-state index in [-0.39, 0.29) is 16.5 Å². The van der Waals surface area contributed by atoms with E-state index in [2.05, 4.69) is 5.32 Å². The molecule has 7 heteroatoms. The van der Waals surface area contributed by atoms with Gasteiger partial charge in [-0.15, -0.1) is 11.3 Å². The number of benzene rings is 2. The second-order valence-corrected chi connectivity index (χ2v) is 8.31. The molecule has 1 N–H and O–H groups in total. The Labute approximate surface area is 177 Å². The molecule has 4 nitrogen and oxygen atoms in total. The van der Waals surface area contributed by atoms with Crippen LogP contribution >= 0.6 is 22.9 Å². The number of carbonyl (C=O) groups excluding carboxylic acids is 2. The third-order valence-electron chi connectivity index (χ3n) is 4.41. The molecule has 0 saturated carbocycles. The van der Waals surface area contributed by atoms with Gasteiger partial charge in [0.05, 0.1) is 20.5 Å². The Balaban J connectivity index is 1.72. The Morgan fingerprint density at radius 1 is 1.10 bits per heavy atom. The summed E-state index contributed by atoms with van der Waals surface area (Å²) in [4.78, 5) is 27.5. The fraction of sp³-hybridized carbons (Fsp3) is 0.182. The number of aryl methyl sites for hydroxylation is 2. The number of thiophene rings is 1. The molecule has 29 heavy (non-hydrogen) atoms. The van der Waals surface area contributed by atoms with Crippen LogP contribution in [0, 0.1) is 19.7 Å². The molecule has 1 aromatic heterocycles. The average molecular weight is 431 g/mol. The number of halogens is 2. The van der Waals surface area contributed by atoms with Gasteiger partial charge in [-0.25, -0.2) is 4.39 Å². The van der Waals surface area contributed by atoms with E-state index in [9.17, 15) is 14.0 Å². The normalized spacial score (nSPS) is 10.7. The molecule has 2 aromatic carbocycles. The molecule has 1 heterocycles. The van der Waals surface area contributed by atoms with Crippen molar-refractivity contribution in [3.05, 3.63) is 86.5 Å². The molecule has 0 aliphatic heterocycles. The summed E-state index contributed by atoms with van der Waals surface area (Å²) in [6.07, 6.45) is 0. The van der Waals surface area contributed by atoms with Crippen LogP contribution in [0.5, 0.6) is 0 Å². The molecule has 0 aliphatic carbocycles. The molecule has 3 aromatic rings. The lowest BCUT2D eigenvalue weighted by Crippen LogP contribution is -2.25. The summed E-state index contributed by atoms with van der Waals surface area (Å²) in [6.45, 7) is 4.33. The van der Waals surface area contributed by atoms with Crippen molar-refractivity contribution in [1.29, 1.82) is 0 Å². The van der Waals surface area contributed by atoms with E-state index in [0.29, 0.717) is 16.4 Å². The molecule has 0 unspecified atom stereocenters. The van der Waals surface area contributed by atoms with Gasteiger partial charge in [0.1, 0.15) is 5.82 Å². The van der Waals surface area contributed by atoms with E-state index in [1.165, 1.54) is 29.0 Å². The Morgan fingerprint density at radius 3 is 2.45 bits per heavy atom. The second kappa shape index (κ2) is 8.76. The number of rotatable bonds is 5. The van der Waals surface area contributed by atoms with Crippen molar-refractivity contribution in [2.75, 3.05) is 12.4 Å². The Bertz CT molecular complexity index is 1060. The van der Waals surface area contributed by atoms with Gasteiger partial charge in [-0.2, -0.15) is 0 Å². The molecular weight excluding hydrogens is 411 g/mol. The van der Waals surface area contributed by atoms with E-state index in [4.69, 9.17) is 11.6 Å². The molecule has 3 rings (SSSR count). The number of hydrogen-bond donors (Lipinski definition) is 1. The first-order valence-corrected chi connectivity index (χ1v) is 10.1. The first-order chi connectivity index (χ1) is 13.7. The van der Waals surface area contributed by atoms with Gasteiger partial charge in [0, 0.05) is 13.6 Å². The third-order valence-corrected chi connectivity index (χ3v) is 5.86. The number of carbonyl (C=O) groups is 2. The number of nitrogens with one attached hydrogen (secondary N) is 1. The summed E-state index contributed by atoms with van der Waals surface area (Å²) in [5.74, 6) is -1.08. The SMILES string of the molecule is Cc1ccc(CN(C)C(=O)c2sc(NC(=O)c3ccc(F)cc3Cl)cc2C)cc1. The number of hydrogen-bond acceptors (Lipinski definition) is 3. The van der Waals surface area contributed by atoms with Gasteiger partial charge in [0.25, 0.3) is 11.8 Å². The summed E-state index contributed by atoms with van der Waals surface area (Å²) in [6, 6.07) is 13.4. The van der Waals surface area contributed by atoms with Crippen molar-refractivity contribution in [3.63, 3.8) is 0 Å². The highest BCUT2D eigenvalue weighted by Gasteiger charge is 2.20. The molecule has 0 aliphatic rings. The minimum Gasteiger partial charge on any atom is -0.337 e. The maximum absolute atomic E-state index is 13.2. The minimum absolute atomic E-state index is 0.0323. The van der Waals surface area contributed by atoms with Gasteiger partial charge in [-0.1, -0.05) is 41.4 Å². The van der Waals surface area contributed by atoms with E-state index in [1.807, 2.05) is 38.1 Å². The van der Waals surface area contributed by atoms with Crippen molar-refractivity contribution in [2.24, 2.45) is 0 Å². The molecule has 0 saturated heterocycles. The molecule has 0 bridgehead atoms. The van der Waals surface area contributed by atoms with Crippen LogP contribution in [0.1, 0.15) is 36.7 Å². The average Bonchev–Trinajstić information content (AvgIpc) is 3.02. The molecule has 150 valence electrons. The maximum atomic E-state index is 13.2. The Kier molecular flexibility index (Phi) is 6.35. The van der Waals surface area contributed by atoms with Crippen molar-refractivity contribution in [2.45, 2.75) is 20.4 Å². The summed E-state index contributed by atoms with van der Waals surface area (Å²) >= 11 is 7.15. The number of nitrogens with zero attached hydrogens (tertiary/aromatic N) is 1. The van der Waals surface area contributed by atoms with Crippen LogP contribution < -0.4 is 5.32 Å². The van der Waals surface area contributed by atoms with Crippen LogP contribution in [0.25, 0.3) is 0 Å². The van der Waals surface area contributed by atoms with Gasteiger partial charge in [-0.05, 0) is 49.2 Å². The molecular formula is C22H20ClFN2O2S. The van der Waals surface area contributed by atoms with Crippen LogP contribution in [0.15, 0.2) is 48.5 Å². The van der Waals surface area contributed by atoms with Crippen LogP contribution in [0.3, 0.4) is 0 Å². The predicted molar refractivity (Wildman–Crippen MR) is 115 cm³/mol. The van der Waals surface area contributed by atoms with Crippen LogP contribution in [-0.4, -0.2) is 23.8 Å². The fourth-order valence-corrected chi connectivity index (χ4v) is 4.14. The molecule has 0 radical (unpaired) electrons. The van der Waals surface area contributed by atoms with E-state index in [0.717, 1.165) is 17.2 Å². The first kappa shape index (κ1) is 21.0. The lowest BCUT2D eigenvalue weighted by Gasteiger charge is -2.17. The van der Waals surface area contributed by atoms with E-state index < -0.39 is 11.7 Å². The quantitative estimate of drug-likeness (QED) is 0.566. The zero-order valence-corrected chi connectivity index (χ0v) is 17.8. The number of anilines is 1. The van der Waals surface area contributed by atoms with Crippen LogP contribution in [0.2, 0.25) is 5.02 Å². The first-order valence-electron chi connectivity index (χ1n) is 8.92. The number of amides is 2. The standard InChI is InChI=1S/C22H20ClFN2O2S/c1-13-4-6-15(7-5-13)12-26(3)22(28)20-14(2)10-19(29-20)25-21(27)17-9-8-16(24)11-18(17)23/h4-11H,12H2,1-3H3,(H,25,27). The lowest BCUT2D eigenvalue weighted by molar-refractivity contribution is 0.0789. The molecule has 2 amide bonds. The minimum atomic E-state index is -0.511.